The van der Waals surface area contributed by atoms with Crippen LogP contribution < -0.4 is 10.6 Å². The van der Waals surface area contributed by atoms with E-state index in [1.54, 1.807) is 18.6 Å². The van der Waals surface area contributed by atoms with Crippen LogP contribution in [0.25, 0.3) is 11.1 Å². The van der Waals surface area contributed by atoms with Crippen LogP contribution in [0.1, 0.15) is 39.3 Å². The lowest BCUT2D eigenvalue weighted by Crippen LogP contribution is -2.47. The number of nitrogens with zero attached hydrogens (tertiary/aromatic N) is 4. The highest BCUT2D eigenvalue weighted by Gasteiger charge is 2.36. The van der Waals surface area contributed by atoms with Crippen LogP contribution in [-0.2, 0) is 6.42 Å². The Morgan fingerprint density at radius 3 is 2.48 bits per heavy atom. The highest BCUT2D eigenvalue weighted by atomic mass is 16.3. The van der Waals surface area contributed by atoms with Gasteiger partial charge in [-0.05, 0) is 37.3 Å². The minimum Gasteiger partial charge on any atom is -0.389 e. The average Bonchev–Trinajstić information content (AvgIpc) is 2.62. The van der Waals surface area contributed by atoms with Crippen LogP contribution >= 0.6 is 0 Å². The van der Waals surface area contributed by atoms with Crippen molar-refractivity contribution in [1.82, 2.24) is 15.0 Å². The molecule has 0 radical (unpaired) electrons. The summed E-state index contributed by atoms with van der Waals surface area (Å²) in [5.74, 6) is 1.68. The van der Waals surface area contributed by atoms with Gasteiger partial charge in [0.25, 0.3) is 0 Å². The fourth-order valence-corrected chi connectivity index (χ4v) is 3.45. The summed E-state index contributed by atoms with van der Waals surface area (Å²) in [6.07, 6.45) is 5.72. The molecule has 0 unspecified atom stereocenters. The molecule has 0 amide bonds. The molecule has 1 aliphatic heterocycles. The van der Waals surface area contributed by atoms with Gasteiger partial charge in [0.05, 0.1) is 11.3 Å². The van der Waals surface area contributed by atoms with Crippen molar-refractivity contribution in [3.63, 3.8) is 0 Å². The van der Waals surface area contributed by atoms with Gasteiger partial charge in [-0.2, -0.15) is 0 Å². The van der Waals surface area contributed by atoms with Gasteiger partial charge in [0.15, 0.2) is 0 Å². The SMILES string of the molecule is CCc1ncnc(N2CCC(O)(C(C)C)CC2)c1-c1ccc(N)nc1. The smallest absolute Gasteiger partial charge is 0.140 e. The zero-order chi connectivity index (χ0) is 18.0. The Labute approximate surface area is 149 Å². The van der Waals surface area contributed by atoms with Gasteiger partial charge in [-0.1, -0.05) is 20.8 Å². The number of piperidine rings is 1. The third-order valence-electron chi connectivity index (χ3n) is 5.32. The molecule has 3 heterocycles. The van der Waals surface area contributed by atoms with Gasteiger partial charge in [0, 0.05) is 30.4 Å². The lowest BCUT2D eigenvalue weighted by atomic mass is 9.81. The Kier molecular flexibility index (Phi) is 4.90. The second-order valence-corrected chi connectivity index (χ2v) is 7.09. The van der Waals surface area contributed by atoms with E-state index >= 15 is 0 Å². The molecule has 0 atom stereocenters. The lowest BCUT2D eigenvalue weighted by Gasteiger charge is -2.41. The maximum atomic E-state index is 10.7. The van der Waals surface area contributed by atoms with Crippen molar-refractivity contribution < 1.29 is 5.11 Å². The van der Waals surface area contributed by atoms with Crippen molar-refractivity contribution >= 4 is 11.6 Å². The van der Waals surface area contributed by atoms with E-state index in [1.807, 2.05) is 6.07 Å². The van der Waals surface area contributed by atoms with Crippen LogP contribution in [0, 0.1) is 5.92 Å². The standard InChI is InChI=1S/C19H27N5O/c1-4-15-17(14-5-6-16(20)21-11-14)18(23-12-22-15)24-9-7-19(25,8-10-24)13(2)3/h5-6,11-13,25H,4,7-10H2,1-3H3,(H2,20,21). The number of aliphatic hydroxyl groups is 1. The first-order valence-corrected chi connectivity index (χ1v) is 8.97. The Morgan fingerprint density at radius 2 is 1.92 bits per heavy atom. The van der Waals surface area contributed by atoms with Crippen LogP contribution in [0.15, 0.2) is 24.7 Å². The van der Waals surface area contributed by atoms with Gasteiger partial charge in [0.2, 0.25) is 0 Å². The van der Waals surface area contributed by atoms with Crippen molar-refractivity contribution in [2.24, 2.45) is 5.92 Å². The summed E-state index contributed by atoms with van der Waals surface area (Å²) in [6.45, 7) is 7.82. The van der Waals surface area contributed by atoms with E-state index < -0.39 is 5.60 Å². The number of anilines is 2. The predicted molar refractivity (Wildman–Crippen MR) is 100 cm³/mol. The van der Waals surface area contributed by atoms with Crippen molar-refractivity contribution in [2.45, 2.75) is 45.6 Å². The van der Waals surface area contributed by atoms with Crippen LogP contribution in [0.2, 0.25) is 0 Å². The Bertz CT molecular complexity index is 721. The Balaban J connectivity index is 1.96. The van der Waals surface area contributed by atoms with Crippen LogP contribution in [0.5, 0.6) is 0 Å². The van der Waals surface area contributed by atoms with E-state index in [9.17, 15) is 5.11 Å². The number of hydrogen-bond acceptors (Lipinski definition) is 6. The van der Waals surface area contributed by atoms with E-state index in [1.165, 1.54) is 0 Å². The van der Waals surface area contributed by atoms with Gasteiger partial charge in [-0.25, -0.2) is 15.0 Å². The van der Waals surface area contributed by atoms with E-state index in [2.05, 4.69) is 40.6 Å². The third-order valence-corrected chi connectivity index (χ3v) is 5.32. The molecule has 0 saturated carbocycles. The molecule has 2 aromatic rings. The zero-order valence-electron chi connectivity index (χ0n) is 15.2. The van der Waals surface area contributed by atoms with Gasteiger partial charge in [-0.3, -0.25) is 0 Å². The normalized spacial score (nSPS) is 17.1. The first kappa shape index (κ1) is 17.6. The van der Waals surface area contributed by atoms with Crippen molar-refractivity contribution in [2.75, 3.05) is 23.7 Å². The highest BCUT2D eigenvalue weighted by Crippen LogP contribution is 2.36. The fourth-order valence-electron chi connectivity index (χ4n) is 3.45. The first-order valence-electron chi connectivity index (χ1n) is 8.97. The number of nitrogen functional groups attached to an aromatic ring is 1. The lowest BCUT2D eigenvalue weighted by molar-refractivity contribution is -0.0262. The number of hydrogen-bond donors (Lipinski definition) is 2. The number of aryl methyl sites for hydroxylation is 1. The largest absolute Gasteiger partial charge is 0.389 e. The molecule has 1 saturated heterocycles. The quantitative estimate of drug-likeness (QED) is 0.889. The maximum absolute atomic E-state index is 10.7. The van der Waals surface area contributed by atoms with E-state index in [0.29, 0.717) is 5.82 Å². The summed E-state index contributed by atoms with van der Waals surface area (Å²) in [4.78, 5) is 15.5. The molecule has 0 bridgehead atoms. The molecule has 0 aromatic carbocycles. The fraction of sp³-hybridized carbons (Fsp3) is 0.526. The molecule has 134 valence electrons. The second kappa shape index (κ2) is 6.96. The highest BCUT2D eigenvalue weighted by molar-refractivity contribution is 5.78. The van der Waals surface area contributed by atoms with Crippen LogP contribution in [0.3, 0.4) is 0 Å². The first-order chi connectivity index (χ1) is 11.9. The summed E-state index contributed by atoms with van der Waals surface area (Å²) in [5, 5.41) is 10.7. The molecule has 6 nitrogen and oxygen atoms in total. The Hall–Kier alpha value is -2.21. The number of pyridine rings is 1. The number of aromatic nitrogens is 3. The molecular weight excluding hydrogens is 314 g/mol. The van der Waals surface area contributed by atoms with Crippen molar-refractivity contribution in [1.29, 1.82) is 0 Å². The van der Waals surface area contributed by atoms with Gasteiger partial charge in [0.1, 0.15) is 18.0 Å². The number of nitrogens with two attached hydrogens (primary N) is 1. The zero-order valence-corrected chi connectivity index (χ0v) is 15.2. The van der Waals surface area contributed by atoms with Crippen molar-refractivity contribution in [3.8, 4) is 11.1 Å². The van der Waals surface area contributed by atoms with Gasteiger partial charge >= 0.3 is 0 Å². The van der Waals surface area contributed by atoms with Crippen molar-refractivity contribution in [3.05, 3.63) is 30.4 Å². The van der Waals surface area contributed by atoms with Crippen LogP contribution in [0.4, 0.5) is 11.6 Å². The second-order valence-electron chi connectivity index (χ2n) is 7.09. The molecule has 2 aromatic heterocycles. The Morgan fingerprint density at radius 1 is 1.20 bits per heavy atom. The molecule has 6 heteroatoms. The molecular formula is C19H27N5O. The molecule has 3 rings (SSSR count). The maximum Gasteiger partial charge on any atom is 0.140 e. The predicted octanol–water partition coefficient (Wildman–Crippen LogP) is 2.67. The minimum atomic E-state index is -0.583. The van der Waals surface area contributed by atoms with E-state index in [-0.39, 0.29) is 5.92 Å². The summed E-state index contributed by atoms with van der Waals surface area (Å²) >= 11 is 0. The average molecular weight is 341 g/mol. The molecule has 3 N–H and O–H groups in total. The van der Waals surface area contributed by atoms with Crippen LogP contribution in [-0.4, -0.2) is 38.7 Å². The summed E-state index contributed by atoms with van der Waals surface area (Å²) in [7, 11) is 0. The number of rotatable bonds is 4. The molecule has 1 fully saturated rings. The molecule has 1 aliphatic rings. The minimum absolute atomic E-state index is 0.257. The van der Waals surface area contributed by atoms with E-state index in [0.717, 1.165) is 55.0 Å². The van der Waals surface area contributed by atoms with E-state index in [4.69, 9.17) is 5.73 Å². The molecule has 25 heavy (non-hydrogen) atoms. The summed E-state index contributed by atoms with van der Waals surface area (Å²) in [5.41, 5.74) is 8.15. The van der Waals surface area contributed by atoms with Gasteiger partial charge < -0.3 is 15.7 Å². The monoisotopic (exact) mass is 341 g/mol. The summed E-state index contributed by atoms with van der Waals surface area (Å²) in [6, 6.07) is 3.78. The summed E-state index contributed by atoms with van der Waals surface area (Å²) < 4.78 is 0. The third kappa shape index (κ3) is 3.44. The molecule has 0 aliphatic carbocycles. The molecule has 0 spiro atoms. The topological polar surface area (TPSA) is 88.2 Å². The van der Waals surface area contributed by atoms with Gasteiger partial charge in [-0.15, -0.1) is 0 Å².